The molecule has 2 rings (SSSR count). The summed E-state index contributed by atoms with van der Waals surface area (Å²) in [4.78, 5) is 24.5. The van der Waals surface area contributed by atoms with Crippen molar-refractivity contribution in [3.63, 3.8) is 0 Å². The summed E-state index contributed by atoms with van der Waals surface area (Å²) < 4.78 is 6.29. The summed E-state index contributed by atoms with van der Waals surface area (Å²) in [5.41, 5.74) is 1.30. The number of amides is 1. The SMILES string of the molecule is COCc1cc(C)n(CC(=O)Nc2ccccc2)c(=O)c1C#N. The van der Waals surface area contributed by atoms with E-state index in [1.54, 1.807) is 37.3 Å². The van der Waals surface area contributed by atoms with E-state index in [1.807, 2.05) is 12.1 Å². The average Bonchev–Trinajstić information content (AvgIpc) is 2.53. The van der Waals surface area contributed by atoms with Gasteiger partial charge in [0.15, 0.2) is 0 Å². The van der Waals surface area contributed by atoms with Crippen molar-refractivity contribution in [1.82, 2.24) is 4.57 Å². The van der Waals surface area contributed by atoms with Crippen molar-refractivity contribution in [3.05, 3.63) is 63.6 Å². The minimum Gasteiger partial charge on any atom is -0.380 e. The number of nitrogens with zero attached hydrogens (tertiary/aromatic N) is 2. The number of hydrogen-bond donors (Lipinski definition) is 1. The lowest BCUT2D eigenvalue weighted by Gasteiger charge is -2.13. The maximum Gasteiger partial charge on any atom is 0.269 e. The Morgan fingerprint density at radius 3 is 2.65 bits per heavy atom. The van der Waals surface area contributed by atoms with Gasteiger partial charge in [-0.05, 0) is 25.1 Å². The second-order valence-corrected chi connectivity index (χ2v) is 5.04. The van der Waals surface area contributed by atoms with Crippen molar-refractivity contribution < 1.29 is 9.53 Å². The number of aromatic nitrogens is 1. The molecule has 6 heteroatoms. The molecule has 0 spiro atoms. The van der Waals surface area contributed by atoms with Crippen LogP contribution in [0.2, 0.25) is 0 Å². The van der Waals surface area contributed by atoms with Crippen LogP contribution in [0.5, 0.6) is 0 Å². The van der Waals surface area contributed by atoms with E-state index in [2.05, 4.69) is 5.32 Å². The molecule has 0 saturated carbocycles. The van der Waals surface area contributed by atoms with E-state index in [0.29, 0.717) is 16.9 Å². The molecule has 0 unspecified atom stereocenters. The van der Waals surface area contributed by atoms with Crippen molar-refractivity contribution in [2.24, 2.45) is 0 Å². The van der Waals surface area contributed by atoms with Crippen molar-refractivity contribution in [3.8, 4) is 6.07 Å². The number of hydrogen-bond acceptors (Lipinski definition) is 4. The summed E-state index contributed by atoms with van der Waals surface area (Å²) in [6.45, 7) is 1.75. The topological polar surface area (TPSA) is 84.1 Å². The van der Waals surface area contributed by atoms with Gasteiger partial charge in [0.2, 0.25) is 5.91 Å². The summed E-state index contributed by atoms with van der Waals surface area (Å²) in [5.74, 6) is -0.329. The molecule has 1 heterocycles. The molecule has 1 aromatic carbocycles. The lowest BCUT2D eigenvalue weighted by atomic mass is 10.1. The molecule has 6 nitrogen and oxygen atoms in total. The number of aryl methyl sites for hydroxylation is 1. The molecule has 1 aromatic heterocycles. The first-order valence-corrected chi connectivity index (χ1v) is 7.04. The highest BCUT2D eigenvalue weighted by atomic mass is 16.5. The third-order valence-electron chi connectivity index (χ3n) is 3.36. The summed E-state index contributed by atoms with van der Waals surface area (Å²) in [5, 5.41) is 11.9. The van der Waals surface area contributed by atoms with E-state index in [0.717, 1.165) is 0 Å². The van der Waals surface area contributed by atoms with Crippen LogP contribution in [-0.2, 0) is 22.7 Å². The van der Waals surface area contributed by atoms with Gasteiger partial charge in [0.1, 0.15) is 18.2 Å². The lowest BCUT2D eigenvalue weighted by Crippen LogP contribution is -2.31. The van der Waals surface area contributed by atoms with E-state index >= 15 is 0 Å². The molecule has 2 aromatic rings. The number of rotatable bonds is 5. The predicted molar refractivity (Wildman–Crippen MR) is 85.9 cm³/mol. The second-order valence-electron chi connectivity index (χ2n) is 5.04. The standard InChI is InChI=1S/C17H17N3O3/c1-12-8-13(11-23-2)15(9-18)17(22)20(12)10-16(21)19-14-6-4-3-5-7-14/h3-8H,10-11H2,1-2H3,(H,19,21). The number of pyridine rings is 1. The molecule has 0 aliphatic carbocycles. The molecule has 1 N–H and O–H groups in total. The van der Waals surface area contributed by atoms with E-state index < -0.39 is 5.56 Å². The second kappa shape index (κ2) is 7.38. The first-order chi connectivity index (χ1) is 11.1. The van der Waals surface area contributed by atoms with Gasteiger partial charge in [-0.3, -0.25) is 9.59 Å². The first kappa shape index (κ1) is 16.5. The first-order valence-electron chi connectivity index (χ1n) is 7.04. The Morgan fingerprint density at radius 2 is 2.04 bits per heavy atom. The van der Waals surface area contributed by atoms with Gasteiger partial charge in [-0.25, -0.2) is 0 Å². The minimum atomic E-state index is -0.484. The maximum atomic E-state index is 12.4. The summed E-state index contributed by atoms with van der Waals surface area (Å²) in [7, 11) is 1.50. The number of methoxy groups -OCH3 is 1. The average molecular weight is 311 g/mol. The van der Waals surface area contributed by atoms with Crippen molar-refractivity contribution in [2.45, 2.75) is 20.1 Å². The molecule has 0 radical (unpaired) electrons. The van der Waals surface area contributed by atoms with Crippen LogP contribution in [-0.4, -0.2) is 17.6 Å². The molecule has 0 atom stereocenters. The largest absolute Gasteiger partial charge is 0.380 e. The van der Waals surface area contributed by atoms with Gasteiger partial charge in [-0.1, -0.05) is 18.2 Å². The number of benzene rings is 1. The predicted octanol–water partition coefficient (Wildman–Crippen LogP) is 1.81. The van der Waals surface area contributed by atoms with E-state index in [4.69, 9.17) is 4.74 Å². The van der Waals surface area contributed by atoms with Crippen LogP contribution in [0.25, 0.3) is 0 Å². The number of nitrogens with one attached hydrogen (secondary N) is 1. The minimum absolute atomic E-state index is 0.00459. The fourth-order valence-electron chi connectivity index (χ4n) is 2.29. The molecule has 1 amide bonds. The monoisotopic (exact) mass is 311 g/mol. The zero-order valence-corrected chi connectivity index (χ0v) is 13.0. The van der Waals surface area contributed by atoms with Crippen LogP contribution in [0.3, 0.4) is 0 Å². The van der Waals surface area contributed by atoms with Crippen LogP contribution in [0, 0.1) is 18.3 Å². The zero-order valence-electron chi connectivity index (χ0n) is 13.0. The smallest absolute Gasteiger partial charge is 0.269 e. The third-order valence-corrected chi connectivity index (χ3v) is 3.36. The van der Waals surface area contributed by atoms with Crippen molar-refractivity contribution >= 4 is 11.6 Å². The van der Waals surface area contributed by atoms with Crippen LogP contribution in [0.4, 0.5) is 5.69 Å². The molecule has 0 saturated heterocycles. The van der Waals surface area contributed by atoms with Crippen LogP contribution in [0.15, 0.2) is 41.2 Å². The van der Waals surface area contributed by atoms with Gasteiger partial charge < -0.3 is 14.6 Å². The molecule has 0 bridgehead atoms. The Labute approximate surface area is 133 Å². The number of para-hydroxylation sites is 1. The fraction of sp³-hybridized carbons (Fsp3) is 0.235. The summed E-state index contributed by atoms with van der Waals surface area (Å²) in [6, 6.07) is 12.6. The molecule has 118 valence electrons. The number of ether oxygens (including phenoxy) is 1. The van der Waals surface area contributed by atoms with Gasteiger partial charge in [0.05, 0.1) is 6.61 Å². The van der Waals surface area contributed by atoms with Gasteiger partial charge in [0, 0.05) is 24.1 Å². The van der Waals surface area contributed by atoms with Gasteiger partial charge in [-0.2, -0.15) is 5.26 Å². The van der Waals surface area contributed by atoms with Crippen LogP contribution < -0.4 is 10.9 Å². The van der Waals surface area contributed by atoms with Crippen molar-refractivity contribution in [1.29, 1.82) is 5.26 Å². The van der Waals surface area contributed by atoms with Crippen molar-refractivity contribution in [2.75, 3.05) is 12.4 Å². The molecular weight excluding hydrogens is 294 g/mol. The Hall–Kier alpha value is -2.91. The number of nitriles is 1. The summed E-state index contributed by atoms with van der Waals surface area (Å²) in [6.07, 6.45) is 0. The molecule has 0 aliphatic rings. The van der Waals surface area contributed by atoms with E-state index in [9.17, 15) is 14.9 Å². The summed E-state index contributed by atoms with van der Waals surface area (Å²) >= 11 is 0. The quantitative estimate of drug-likeness (QED) is 0.912. The molecule has 23 heavy (non-hydrogen) atoms. The Kier molecular flexibility index (Phi) is 5.28. The van der Waals surface area contributed by atoms with E-state index in [-0.39, 0.29) is 24.6 Å². The Bertz CT molecular complexity index is 804. The maximum absolute atomic E-state index is 12.4. The van der Waals surface area contributed by atoms with Gasteiger partial charge in [-0.15, -0.1) is 0 Å². The van der Waals surface area contributed by atoms with Crippen LogP contribution >= 0.6 is 0 Å². The fourth-order valence-corrected chi connectivity index (χ4v) is 2.29. The highest BCUT2D eigenvalue weighted by molar-refractivity contribution is 5.90. The highest BCUT2D eigenvalue weighted by Crippen LogP contribution is 2.09. The molecule has 0 fully saturated rings. The number of anilines is 1. The highest BCUT2D eigenvalue weighted by Gasteiger charge is 2.15. The molecule has 0 aliphatic heterocycles. The normalized spacial score (nSPS) is 10.1. The van der Waals surface area contributed by atoms with E-state index in [1.165, 1.54) is 11.7 Å². The third kappa shape index (κ3) is 3.84. The lowest BCUT2D eigenvalue weighted by molar-refractivity contribution is -0.116. The number of carbonyl (C=O) groups excluding carboxylic acids is 1. The van der Waals surface area contributed by atoms with Gasteiger partial charge >= 0.3 is 0 Å². The number of carbonyl (C=O) groups is 1. The zero-order chi connectivity index (χ0) is 16.8. The Morgan fingerprint density at radius 1 is 1.35 bits per heavy atom. The Balaban J connectivity index is 2.28. The molecular formula is C17H17N3O3. The van der Waals surface area contributed by atoms with Gasteiger partial charge in [0.25, 0.3) is 5.56 Å². The van der Waals surface area contributed by atoms with Crippen LogP contribution in [0.1, 0.15) is 16.8 Å².